The van der Waals surface area contributed by atoms with Gasteiger partial charge in [-0.2, -0.15) is 13.2 Å². The maximum absolute atomic E-state index is 12.9. The van der Waals surface area contributed by atoms with Crippen LogP contribution in [0.15, 0.2) is 47.1 Å². The Hall–Kier alpha value is -2.80. The zero-order valence-electron chi connectivity index (χ0n) is 18.3. The smallest absolute Gasteiger partial charge is 0.416 e. The van der Waals surface area contributed by atoms with Gasteiger partial charge in [-0.3, -0.25) is 9.69 Å². The lowest BCUT2D eigenvalue weighted by molar-refractivity contribution is -0.137. The first-order chi connectivity index (χ1) is 15.2. The van der Waals surface area contributed by atoms with Gasteiger partial charge in [0.2, 0.25) is 5.91 Å². The summed E-state index contributed by atoms with van der Waals surface area (Å²) >= 11 is 0. The maximum Gasteiger partial charge on any atom is 0.416 e. The maximum atomic E-state index is 12.9. The Morgan fingerprint density at radius 1 is 1.16 bits per heavy atom. The number of nitrogens with one attached hydrogen (secondary N) is 1. The van der Waals surface area contributed by atoms with Gasteiger partial charge in [0.15, 0.2) is 0 Å². The van der Waals surface area contributed by atoms with Crippen molar-refractivity contribution in [3.05, 3.63) is 70.5 Å². The summed E-state index contributed by atoms with van der Waals surface area (Å²) in [5, 5.41) is 4.08. The van der Waals surface area contributed by atoms with Crippen molar-refractivity contribution in [3.63, 3.8) is 0 Å². The van der Waals surface area contributed by atoms with Crippen molar-refractivity contribution in [1.82, 2.24) is 10.2 Å². The monoisotopic (exact) mass is 444 g/mol. The topological polar surface area (TPSA) is 45.5 Å². The van der Waals surface area contributed by atoms with Crippen LogP contribution < -0.4 is 5.32 Å². The van der Waals surface area contributed by atoms with E-state index in [-0.39, 0.29) is 18.4 Å². The third-order valence-electron chi connectivity index (χ3n) is 6.31. The van der Waals surface area contributed by atoms with Crippen LogP contribution in [0.4, 0.5) is 13.2 Å². The minimum atomic E-state index is -4.33. The number of fused-ring (bicyclic) bond motifs is 1. The lowest BCUT2D eigenvalue weighted by atomic mass is 10.0. The van der Waals surface area contributed by atoms with Crippen molar-refractivity contribution in [2.45, 2.75) is 51.9 Å². The number of piperidine rings is 1. The molecule has 7 heteroatoms. The average Bonchev–Trinajstić information content (AvgIpc) is 3.15. The molecule has 4 rings (SSSR count). The van der Waals surface area contributed by atoms with Gasteiger partial charge < -0.3 is 9.73 Å². The largest absolute Gasteiger partial charge is 0.464 e. The number of benzene rings is 2. The van der Waals surface area contributed by atoms with E-state index < -0.39 is 11.7 Å². The molecule has 0 atom stereocenters. The first-order valence-corrected chi connectivity index (χ1v) is 10.8. The molecule has 2 heterocycles. The highest BCUT2D eigenvalue weighted by atomic mass is 19.4. The fourth-order valence-corrected chi connectivity index (χ4v) is 4.32. The molecular weight excluding hydrogens is 417 g/mol. The minimum absolute atomic E-state index is 0.0396. The summed E-state index contributed by atoms with van der Waals surface area (Å²) in [5.74, 6) is -0.0396. The molecule has 0 bridgehead atoms. The molecule has 1 aliphatic heterocycles. The molecule has 3 aromatic rings. The molecule has 1 saturated heterocycles. The zero-order valence-corrected chi connectivity index (χ0v) is 18.3. The molecule has 0 radical (unpaired) electrons. The molecule has 2 aromatic carbocycles. The molecule has 0 spiro atoms. The standard InChI is InChI=1S/C25H27F3N2O2/c1-16-6-7-22-19(15-32-24(22)17(16)2)13-23(31)29-21-8-10-30(11-9-21)14-18-4-3-5-20(12-18)25(26,27)28/h3-7,12,15,21H,8-11,13-14H2,1-2H3,(H,29,31). The van der Waals surface area contributed by atoms with E-state index in [0.717, 1.165) is 59.7 Å². The first-order valence-electron chi connectivity index (χ1n) is 10.8. The van der Waals surface area contributed by atoms with Crippen LogP contribution in [0, 0.1) is 13.8 Å². The van der Waals surface area contributed by atoms with Gasteiger partial charge in [-0.25, -0.2) is 0 Å². The van der Waals surface area contributed by atoms with E-state index in [1.807, 2.05) is 26.0 Å². The number of hydrogen-bond donors (Lipinski definition) is 1. The van der Waals surface area contributed by atoms with Crippen molar-refractivity contribution < 1.29 is 22.4 Å². The van der Waals surface area contributed by atoms with Crippen LogP contribution in [-0.2, 0) is 23.9 Å². The van der Waals surface area contributed by atoms with E-state index in [9.17, 15) is 18.0 Å². The molecule has 1 N–H and O–H groups in total. The molecule has 32 heavy (non-hydrogen) atoms. The summed E-state index contributed by atoms with van der Waals surface area (Å²) in [6, 6.07) is 9.59. The molecule has 0 unspecified atom stereocenters. The van der Waals surface area contributed by atoms with Crippen LogP contribution in [0.1, 0.15) is 40.7 Å². The third-order valence-corrected chi connectivity index (χ3v) is 6.31. The van der Waals surface area contributed by atoms with Crippen LogP contribution >= 0.6 is 0 Å². The van der Waals surface area contributed by atoms with Gasteiger partial charge in [-0.1, -0.05) is 30.3 Å². The Balaban J connectivity index is 1.29. The fraction of sp³-hybridized carbons (Fsp3) is 0.400. The van der Waals surface area contributed by atoms with Gasteiger partial charge in [0, 0.05) is 36.6 Å². The fourth-order valence-electron chi connectivity index (χ4n) is 4.32. The van der Waals surface area contributed by atoms with Gasteiger partial charge in [0.1, 0.15) is 5.58 Å². The zero-order chi connectivity index (χ0) is 22.9. The van der Waals surface area contributed by atoms with Crippen molar-refractivity contribution in [2.75, 3.05) is 13.1 Å². The lowest BCUT2D eigenvalue weighted by Gasteiger charge is -2.32. The molecule has 1 amide bonds. The Morgan fingerprint density at radius 2 is 1.91 bits per heavy atom. The van der Waals surface area contributed by atoms with Gasteiger partial charge >= 0.3 is 6.18 Å². The van der Waals surface area contributed by atoms with Crippen molar-refractivity contribution in [1.29, 1.82) is 0 Å². The van der Waals surface area contributed by atoms with Crippen LogP contribution in [0.2, 0.25) is 0 Å². The second kappa shape index (κ2) is 8.98. The summed E-state index contributed by atoms with van der Waals surface area (Å²) in [7, 11) is 0. The number of likely N-dealkylation sites (tertiary alicyclic amines) is 1. The minimum Gasteiger partial charge on any atom is -0.464 e. The number of amides is 1. The molecule has 170 valence electrons. The van der Waals surface area contributed by atoms with E-state index in [1.54, 1.807) is 12.3 Å². The summed E-state index contributed by atoms with van der Waals surface area (Å²) in [6.07, 6.45) is -0.857. The summed E-state index contributed by atoms with van der Waals surface area (Å²) in [6.45, 7) is 5.98. The summed E-state index contributed by atoms with van der Waals surface area (Å²) < 4.78 is 44.5. The molecule has 1 aromatic heterocycles. The lowest BCUT2D eigenvalue weighted by Crippen LogP contribution is -2.44. The quantitative estimate of drug-likeness (QED) is 0.574. The number of hydrogen-bond acceptors (Lipinski definition) is 3. The highest BCUT2D eigenvalue weighted by Gasteiger charge is 2.30. The van der Waals surface area contributed by atoms with E-state index in [4.69, 9.17) is 4.42 Å². The van der Waals surface area contributed by atoms with E-state index in [0.29, 0.717) is 12.1 Å². The highest BCUT2D eigenvalue weighted by molar-refractivity contribution is 5.89. The number of alkyl halides is 3. The molecular formula is C25H27F3N2O2. The van der Waals surface area contributed by atoms with Crippen LogP contribution in [0.25, 0.3) is 11.0 Å². The molecule has 4 nitrogen and oxygen atoms in total. The second-order valence-electron chi connectivity index (χ2n) is 8.64. The molecule has 1 aliphatic rings. The summed E-state index contributed by atoms with van der Waals surface area (Å²) in [4.78, 5) is 14.7. The van der Waals surface area contributed by atoms with Crippen molar-refractivity contribution in [3.8, 4) is 0 Å². The Bertz CT molecular complexity index is 1110. The Morgan fingerprint density at radius 3 is 2.62 bits per heavy atom. The van der Waals surface area contributed by atoms with Crippen molar-refractivity contribution in [2.24, 2.45) is 0 Å². The third kappa shape index (κ3) is 4.99. The predicted molar refractivity (Wildman–Crippen MR) is 117 cm³/mol. The second-order valence-corrected chi connectivity index (χ2v) is 8.64. The Labute approximate surface area is 185 Å². The normalized spacial score (nSPS) is 15.9. The van der Waals surface area contributed by atoms with Gasteiger partial charge in [0.05, 0.1) is 18.2 Å². The number of aryl methyl sites for hydroxylation is 2. The molecule has 0 aliphatic carbocycles. The van der Waals surface area contributed by atoms with E-state index in [1.165, 1.54) is 12.1 Å². The number of nitrogens with zero attached hydrogens (tertiary/aromatic N) is 1. The first kappa shape index (κ1) is 22.4. The summed E-state index contributed by atoms with van der Waals surface area (Å²) in [5.41, 5.74) is 3.98. The Kier molecular flexibility index (Phi) is 6.29. The van der Waals surface area contributed by atoms with Gasteiger partial charge in [0.25, 0.3) is 0 Å². The highest BCUT2D eigenvalue weighted by Crippen LogP contribution is 2.30. The van der Waals surface area contributed by atoms with Crippen LogP contribution in [-0.4, -0.2) is 29.9 Å². The van der Waals surface area contributed by atoms with Gasteiger partial charge in [-0.15, -0.1) is 0 Å². The van der Waals surface area contributed by atoms with Crippen LogP contribution in [0.5, 0.6) is 0 Å². The van der Waals surface area contributed by atoms with Crippen LogP contribution in [0.3, 0.4) is 0 Å². The van der Waals surface area contributed by atoms with Crippen molar-refractivity contribution >= 4 is 16.9 Å². The number of furan rings is 1. The number of halogens is 3. The molecule has 0 saturated carbocycles. The average molecular weight is 444 g/mol. The predicted octanol–water partition coefficient (Wildman–Crippen LogP) is 5.39. The number of carbonyl (C=O) groups is 1. The number of carbonyl (C=O) groups excluding carboxylic acids is 1. The van der Waals surface area contributed by atoms with E-state index >= 15 is 0 Å². The SMILES string of the molecule is Cc1ccc2c(CC(=O)NC3CCN(Cc4cccc(C(F)(F)F)c4)CC3)coc2c1C. The van der Waals surface area contributed by atoms with E-state index in [2.05, 4.69) is 10.2 Å². The molecule has 1 fully saturated rings. The number of rotatable bonds is 5. The van der Waals surface area contributed by atoms with Gasteiger partial charge in [-0.05, 0) is 49.4 Å².